The molecule has 0 amide bonds. The summed E-state index contributed by atoms with van der Waals surface area (Å²) < 4.78 is 14.1. The fourth-order valence-corrected chi connectivity index (χ4v) is 5.55. The molecule has 0 heterocycles. The Morgan fingerprint density at radius 1 is 0.960 bits per heavy atom. The topological polar surface area (TPSA) is 0 Å². The third-order valence-corrected chi connectivity index (χ3v) is 7.01. The van der Waals surface area contributed by atoms with E-state index in [0.717, 1.165) is 28.5 Å². The zero-order valence-electron chi connectivity index (χ0n) is 15.5. The van der Waals surface area contributed by atoms with Crippen LogP contribution in [0.4, 0.5) is 4.39 Å². The number of unbranched alkanes of at least 4 members (excludes halogenated alkanes) is 1. The van der Waals surface area contributed by atoms with Crippen LogP contribution in [0.25, 0.3) is 10.8 Å². The molecule has 25 heavy (non-hydrogen) atoms. The highest BCUT2D eigenvalue weighted by atomic mass is 19.1. The first-order valence-corrected chi connectivity index (χ1v) is 10.4. The number of benzene rings is 2. The number of fused-ring (bicyclic) bond motifs is 2. The Bertz CT molecular complexity index is 719. The fraction of sp³-hybridized carbons (Fsp3) is 0.583. The van der Waals surface area contributed by atoms with Gasteiger partial charge >= 0.3 is 0 Å². The van der Waals surface area contributed by atoms with Gasteiger partial charge in [-0.15, -0.1) is 0 Å². The van der Waals surface area contributed by atoms with Crippen LogP contribution in [-0.4, -0.2) is 0 Å². The lowest BCUT2D eigenvalue weighted by Crippen LogP contribution is -2.30. The molecule has 4 rings (SSSR count). The lowest BCUT2D eigenvalue weighted by molar-refractivity contribution is 0.113. The summed E-state index contributed by atoms with van der Waals surface area (Å²) in [6.45, 7) is 2.31. The largest absolute Gasteiger partial charge is 0.206 e. The summed E-state index contributed by atoms with van der Waals surface area (Å²) >= 11 is 0. The minimum atomic E-state index is -0.0792. The second-order valence-electron chi connectivity index (χ2n) is 8.57. The third kappa shape index (κ3) is 3.61. The van der Waals surface area contributed by atoms with E-state index in [4.69, 9.17) is 0 Å². The van der Waals surface area contributed by atoms with Crippen molar-refractivity contribution in [1.29, 1.82) is 0 Å². The van der Waals surface area contributed by atoms with E-state index in [1.165, 1.54) is 63.4 Å². The molecule has 0 aromatic heterocycles. The molecule has 0 aliphatic heterocycles. The highest BCUT2D eigenvalue weighted by Gasteiger charge is 2.35. The Hall–Kier alpha value is -1.37. The maximum absolute atomic E-state index is 14.1. The van der Waals surface area contributed by atoms with E-state index in [1.54, 1.807) is 12.1 Å². The van der Waals surface area contributed by atoms with Crippen molar-refractivity contribution in [2.75, 3.05) is 0 Å². The van der Waals surface area contributed by atoms with Crippen molar-refractivity contribution in [2.24, 2.45) is 17.8 Å². The normalized spacial score (nSPS) is 29.5. The zero-order valence-corrected chi connectivity index (χ0v) is 15.5. The maximum Gasteiger partial charge on any atom is 0.131 e. The second-order valence-corrected chi connectivity index (χ2v) is 8.57. The molecule has 134 valence electrons. The molecule has 0 bridgehead atoms. The molecule has 0 radical (unpaired) electrons. The summed E-state index contributed by atoms with van der Waals surface area (Å²) in [7, 11) is 0. The summed E-state index contributed by atoms with van der Waals surface area (Å²) in [6, 6.07) is 11.9. The molecule has 2 aromatic carbocycles. The van der Waals surface area contributed by atoms with Gasteiger partial charge in [-0.2, -0.15) is 0 Å². The quantitative estimate of drug-likeness (QED) is 0.542. The number of rotatable bonds is 4. The lowest BCUT2D eigenvalue weighted by atomic mass is 9.63. The highest BCUT2D eigenvalue weighted by Crippen LogP contribution is 2.48. The number of hydrogen-bond acceptors (Lipinski definition) is 0. The molecule has 0 saturated heterocycles. The monoisotopic (exact) mass is 338 g/mol. The van der Waals surface area contributed by atoms with Crippen LogP contribution in [0.5, 0.6) is 0 Å². The minimum Gasteiger partial charge on any atom is -0.206 e. The molecular weight excluding hydrogens is 307 g/mol. The maximum atomic E-state index is 14.1. The lowest BCUT2D eigenvalue weighted by Gasteiger charge is -2.42. The van der Waals surface area contributed by atoms with Gasteiger partial charge in [0.1, 0.15) is 5.82 Å². The van der Waals surface area contributed by atoms with Crippen molar-refractivity contribution in [3.63, 3.8) is 0 Å². The van der Waals surface area contributed by atoms with Gasteiger partial charge in [0.15, 0.2) is 0 Å². The Kier molecular flexibility index (Phi) is 5.10. The van der Waals surface area contributed by atoms with Gasteiger partial charge in [-0.25, -0.2) is 4.39 Å². The predicted molar refractivity (Wildman–Crippen MR) is 104 cm³/mol. The van der Waals surface area contributed by atoms with E-state index < -0.39 is 0 Å². The SMILES string of the molecule is CCCCC1CCC2CC(c3ccc4cccc(F)c4c3)CCC2C1. The minimum absolute atomic E-state index is 0.0792. The molecule has 4 atom stereocenters. The van der Waals surface area contributed by atoms with E-state index in [-0.39, 0.29) is 5.82 Å². The van der Waals surface area contributed by atoms with E-state index in [0.29, 0.717) is 5.92 Å². The van der Waals surface area contributed by atoms with Crippen molar-refractivity contribution in [3.05, 3.63) is 47.8 Å². The predicted octanol–water partition coefficient (Wildman–Crippen LogP) is 7.47. The van der Waals surface area contributed by atoms with Crippen molar-refractivity contribution < 1.29 is 4.39 Å². The Morgan fingerprint density at radius 3 is 2.68 bits per heavy atom. The smallest absolute Gasteiger partial charge is 0.131 e. The van der Waals surface area contributed by atoms with E-state index in [9.17, 15) is 4.39 Å². The molecule has 4 unspecified atom stereocenters. The number of halogens is 1. The van der Waals surface area contributed by atoms with Gasteiger partial charge in [0.05, 0.1) is 0 Å². The Balaban J connectivity index is 1.45. The van der Waals surface area contributed by atoms with Gasteiger partial charge < -0.3 is 0 Å². The van der Waals surface area contributed by atoms with Gasteiger partial charge in [-0.3, -0.25) is 0 Å². The average Bonchev–Trinajstić information content (AvgIpc) is 2.66. The Labute approximate surface area is 151 Å². The van der Waals surface area contributed by atoms with Gasteiger partial charge in [-0.05, 0) is 78.9 Å². The van der Waals surface area contributed by atoms with Crippen LogP contribution < -0.4 is 0 Å². The summed E-state index contributed by atoms with van der Waals surface area (Å²) in [6.07, 6.45) is 12.5. The molecule has 2 saturated carbocycles. The second kappa shape index (κ2) is 7.48. The first-order chi connectivity index (χ1) is 12.2. The molecule has 0 nitrogen and oxygen atoms in total. The molecule has 0 spiro atoms. The highest BCUT2D eigenvalue weighted by molar-refractivity contribution is 5.83. The van der Waals surface area contributed by atoms with Crippen molar-refractivity contribution >= 4 is 10.8 Å². The average molecular weight is 339 g/mol. The summed E-state index contributed by atoms with van der Waals surface area (Å²) in [5.74, 6) is 3.42. The van der Waals surface area contributed by atoms with Crippen molar-refractivity contribution in [1.82, 2.24) is 0 Å². The van der Waals surface area contributed by atoms with Crippen LogP contribution in [-0.2, 0) is 0 Å². The van der Waals surface area contributed by atoms with Gasteiger partial charge in [0.25, 0.3) is 0 Å². The molecule has 2 aliphatic rings. The van der Waals surface area contributed by atoms with Gasteiger partial charge in [0.2, 0.25) is 0 Å². The summed E-state index contributed by atoms with van der Waals surface area (Å²) in [4.78, 5) is 0. The molecule has 2 aliphatic carbocycles. The molecular formula is C24H31F. The first kappa shape index (κ1) is 17.1. The van der Waals surface area contributed by atoms with Crippen LogP contribution in [0, 0.1) is 23.6 Å². The standard InChI is InChI=1S/C24H31F/c1-2-3-5-17-8-9-20-15-21(13-12-19(20)14-17)22-11-10-18-6-4-7-24(25)23(18)16-22/h4,6-7,10-11,16-17,19-21H,2-3,5,8-9,12-15H2,1H3. The van der Waals surface area contributed by atoms with Gasteiger partial charge in [0, 0.05) is 5.39 Å². The zero-order chi connectivity index (χ0) is 17.2. The number of hydrogen-bond donors (Lipinski definition) is 0. The molecule has 1 heteroatoms. The van der Waals surface area contributed by atoms with Crippen molar-refractivity contribution in [2.45, 2.75) is 70.6 Å². The van der Waals surface area contributed by atoms with Crippen LogP contribution in [0.2, 0.25) is 0 Å². The summed E-state index contributed by atoms with van der Waals surface area (Å²) in [5.41, 5.74) is 1.36. The van der Waals surface area contributed by atoms with Crippen LogP contribution >= 0.6 is 0 Å². The van der Waals surface area contributed by atoms with Crippen LogP contribution in [0.3, 0.4) is 0 Å². The third-order valence-electron chi connectivity index (χ3n) is 7.01. The Morgan fingerprint density at radius 2 is 1.80 bits per heavy atom. The van der Waals surface area contributed by atoms with E-state index in [1.807, 2.05) is 6.07 Å². The van der Waals surface area contributed by atoms with Crippen LogP contribution in [0.15, 0.2) is 36.4 Å². The van der Waals surface area contributed by atoms with Gasteiger partial charge in [-0.1, -0.05) is 56.9 Å². The molecule has 0 N–H and O–H groups in total. The van der Waals surface area contributed by atoms with Crippen molar-refractivity contribution in [3.8, 4) is 0 Å². The fourth-order valence-electron chi connectivity index (χ4n) is 5.55. The molecule has 2 aromatic rings. The van der Waals surface area contributed by atoms with E-state index in [2.05, 4.69) is 25.1 Å². The van der Waals surface area contributed by atoms with E-state index >= 15 is 0 Å². The van der Waals surface area contributed by atoms with Crippen LogP contribution in [0.1, 0.15) is 76.2 Å². The first-order valence-electron chi connectivity index (χ1n) is 10.4. The molecule has 2 fully saturated rings. The summed E-state index contributed by atoms with van der Waals surface area (Å²) in [5, 5.41) is 1.82.